The monoisotopic (exact) mass is 294 g/mol. The lowest BCUT2D eigenvalue weighted by molar-refractivity contribution is 0.382. The second-order valence-corrected chi connectivity index (χ2v) is 5.95. The molecule has 0 aliphatic rings. The first-order chi connectivity index (χ1) is 9.52. The molecule has 20 heavy (non-hydrogen) atoms. The summed E-state index contributed by atoms with van der Waals surface area (Å²) >= 11 is 1.68. The quantitative estimate of drug-likeness (QED) is 0.911. The molecule has 1 unspecified atom stereocenters. The molecule has 0 aliphatic heterocycles. The lowest BCUT2D eigenvalue weighted by Gasteiger charge is -2.14. The van der Waals surface area contributed by atoms with Crippen LogP contribution >= 0.6 is 11.3 Å². The first kappa shape index (κ1) is 14.9. The maximum atomic E-state index is 14.0. The summed E-state index contributed by atoms with van der Waals surface area (Å²) in [6.45, 7) is 6.53. The summed E-state index contributed by atoms with van der Waals surface area (Å²) in [4.78, 5) is 5.62. The number of ether oxygens (including phenoxy) is 1. The molecule has 108 valence electrons. The third-order valence-electron chi connectivity index (χ3n) is 3.19. The van der Waals surface area contributed by atoms with Crippen LogP contribution in [0.25, 0.3) is 0 Å². The summed E-state index contributed by atoms with van der Waals surface area (Å²) in [5, 5.41) is 4.39. The van der Waals surface area contributed by atoms with Crippen LogP contribution in [0.3, 0.4) is 0 Å². The molecule has 3 nitrogen and oxygen atoms in total. The first-order valence-corrected chi connectivity index (χ1v) is 7.33. The van der Waals surface area contributed by atoms with Crippen molar-refractivity contribution in [2.75, 3.05) is 7.11 Å². The molecule has 0 saturated carbocycles. The lowest BCUT2D eigenvalue weighted by atomic mass is 10.1. The van der Waals surface area contributed by atoms with E-state index in [9.17, 15) is 4.39 Å². The third kappa shape index (κ3) is 3.16. The Bertz CT molecular complexity index is 598. The van der Waals surface area contributed by atoms with Gasteiger partial charge >= 0.3 is 0 Å². The molecular weight excluding hydrogens is 275 g/mol. The minimum atomic E-state index is -0.299. The van der Waals surface area contributed by atoms with Gasteiger partial charge in [0.05, 0.1) is 17.8 Å². The number of hydrogen-bond acceptors (Lipinski definition) is 4. The molecule has 2 aromatic rings. The van der Waals surface area contributed by atoms with Gasteiger partial charge in [-0.3, -0.25) is 0 Å². The highest BCUT2D eigenvalue weighted by atomic mass is 32.1. The van der Waals surface area contributed by atoms with E-state index in [-0.39, 0.29) is 17.6 Å². The van der Waals surface area contributed by atoms with E-state index in [0.29, 0.717) is 12.1 Å². The van der Waals surface area contributed by atoms with E-state index in [1.165, 1.54) is 12.0 Å². The number of hydrogen-bond donors (Lipinski definition) is 1. The molecule has 1 aromatic carbocycles. The molecular formula is C15H19FN2OS. The molecule has 2 rings (SSSR count). The van der Waals surface area contributed by atoms with Gasteiger partial charge < -0.3 is 10.1 Å². The van der Waals surface area contributed by atoms with E-state index in [1.54, 1.807) is 29.5 Å². The highest BCUT2D eigenvalue weighted by Crippen LogP contribution is 2.25. The van der Waals surface area contributed by atoms with Crippen molar-refractivity contribution in [3.8, 4) is 5.75 Å². The third-order valence-corrected chi connectivity index (χ3v) is 4.45. The summed E-state index contributed by atoms with van der Waals surface area (Å²) in [6, 6.07) is 5.33. The van der Waals surface area contributed by atoms with Gasteiger partial charge in [0.1, 0.15) is 0 Å². The number of halogens is 1. The average Bonchev–Trinajstić information content (AvgIpc) is 2.76. The summed E-state index contributed by atoms with van der Waals surface area (Å²) in [7, 11) is 1.47. The van der Waals surface area contributed by atoms with Gasteiger partial charge in [0, 0.05) is 23.0 Å². The topological polar surface area (TPSA) is 34.1 Å². The minimum absolute atomic E-state index is 0.145. The molecule has 1 heterocycles. The van der Waals surface area contributed by atoms with Crippen LogP contribution < -0.4 is 10.1 Å². The number of aryl methyl sites for hydroxylation is 2. The van der Waals surface area contributed by atoms with Gasteiger partial charge in [0.15, 0.2) is 11.6 Å². The smallest absolute Gasteiger partial charge is 0.169 e. The van der Waals surface area contributed by atoms with Crippen molar-refractivity contribution in [1.29, 1.82) is 0 Å². The zero-order valence-corrected chi connectivity index (χ0v) is 13.0. The van der Waals surface area contributed by atoms with Crippen LogP contribution in [0.4, 0.5) is 4.39 Å². The number of nitrogens with one attached hydrogen (secondary N) is 1. The molecule has 0 saturated heterocycles. The minimum Gasteiger partial charge on any atom is -0.494 e. The summed E-state index contributed by atoms with van der Waals surface area (Å²) in [5.74, 6) is -0.0197. The van der Waals surface area contributed by atoms with Crippen molar-refractivity contribution in [2.24, 2.45) is 0 Å². The van der Waals surface area contributed by atoms with Gasteiger partial charge in [-0.05, 0) is 26.8 Å². The number of rotatable bonds is 5. The Morgan fingerprint density at radius 1 is 1.40 bits per heavy atom. The zero-order valence-electron chi connectivity index (χ0n) is 12.2. The van der Waals surface area contributed by atoms with Crippen molar-refractivity contribution in [3.05, 3.63) is 45.2 Å². The Hall–Kier alpha value is -1.46. The second kappa shape index (κ2) is 6.33. The summed E-state index contributed by atoms with van der Waals surface area (Å²) < 4.78 is 19.0. The van der Waals surface area contributed by atoms with Gasteiger partial charge in [-0.25, -0.2) is 9.37 Å². The summed E-state index contributed by atoms with van der Waals surface area (Å²) in [6.07, 6.45) is 0. The van der Waals surface area contributed by atoms with Crippen LogP contribution in [0.15, 0.2) is 18.2 Å². The van der Waals surface area contributed by atoms with Gasteiger partial charge in [-0.1, -0.05) is 12.1 Å². The Kier molecular flexibility index (Phi) is 4.73. The van der Waals surface area contributed by atoms with Crippen LogP contribution in [0.2, 0.25) is 0 Å². The Balaban J connectivity index is 2.07. The van der Waals surface area contributed by atoms with E-state index in [1.807, 2.05) is 13.8 Å². The van der Waals surface area contributed by atoms with Crippen LogP contribution in [0.5, 0.6) is 5.75 Å². The molecule has 1 aromatic heterocycles. The molecule has 0 aliphatic carbocycles. The number of aromatic nitrogens is 1. The Labute approximate surface area is 122 Å². The van der Waals surface area contributed by atoms with Gasteiger partial charge in [0.25, 0.3) is 0 Å². The highest BCUT2D eigenvalue weighted by molar-refractivity contribution is 7.11. The lowest BCUT2D eigenvalue weighted by Crippen LogP contribution is -2.18. The standard InChI is InChI=1S/C15H19FN2OS/c1-9(15-10(2)18-11(3)20-15)17-8-12-6-5-7-13(19-4)14(12)16/h5-7,9,17H,8H2,1-4H3. The van der Waals surface area contributed by atoms with E-state index in [2.05, 4.69) is 17.2 Å². The van der Waals surface area contributed by atoms with Gasteiger partial charge in [0.2, 0.25) is 0 Å². The molecule has 1 atom stereocenters. The van der Waals surface area contributed by atoms with Crippen LogP contribution in [-0.4, -0.2) is 12.1 Å². The van der Waals surface area contributed by atoms with Gasteiger partial charge in [-0.2, -0.15) is 0 Å². The Morgan fingerprint density at radius 2 is 2.15 bits per heavy atom. The van der Waals surface area contributed by atoms with Gasteiger partial charge in [-0.15, -0.1) is 11.3 Å². The molecule has 0 fully saturated rings. The fraction of sp³-hybridized carbons (Fsp3) is 0.400. The number of benzene rings is 1. The number of methoxy groups -OCH3 is 1. The molecule has 0 bridgehead atoms. The van der Waals surface area contributed by atoms with Crippen molar-refractivity contribution in [2.45, 2.75) is 33.4 Å². The zero-order chi connectivity index (χ0) is 14.7. The Morgan fingerprint density at radius 3 is 2.75 bits per heavy atom. The molecule has 0 spiro atoms. The van der Waals surface area contributed by atoms with E-state index in [0.717, 1.165) is 10.7 Å². The molecule has 0 amide bonds. The second-order valence-electron chi connectivity index (χ2n) is 4.72. The molecule has 5 heteroatoms. The van der Waals surface area contributed by atoms with Crippen molar-refractivity contribution >= 4 is 11.3 Å². The highest BCUT2D eigenvalue weighted by Gasteiger charge is 2.14. The van der Waals surface area contributed by atoms with E-state index in [4.69, 9.17) is 4.74 Å². The fourth-order valence-electron chi connectivity index (χ4n) is 2.15. The van der Waals surface area contributed by atoms with E-state index < -0.39 is 0 Å². The SMILES string of the molecule is COc1cccc(CNC(C)c2sc(C)nc2C)c1F. The average molecular weight is 294 g/mol. The van der Waals surface area contributed by atoms with Crippen LogP contribution in [0, 0.1) is 19.7 Å². The summed E-state index contributed by atoms with van der Waals surface area (Å²) in [5.41, 5.74) is 1.65. The van der Waals surface area contributed by atoms with E-state index >= 15 is 0 Å². The molecule has 0 radical (unpaired) electrons. The van der Waals surface area contributed by atoms with Crippen LogP contribution in [-0.2, 0) is 6.54 Å². The van der Waals surface area contributed by atoms with Crippen molar-refractivity contribution in [1.82, 2.24) is 10.3 Å². The maximum Gasteiger partial charge on any atom is 0.169 e. The predicted octanol–water partition coefficient (Wildman–Crippen LogP) is 3.76. The first-order valence-electron chi connectivity index (χ1n) is 6.51. The molecule has 1 N–H and O–H groups in total. The fourth-order valence-corrected chi connectivity index (χ4v) is 3.11. The largest absolute Gasteiger partial charge is 0.494 e. The number of thiazole rings is 1. The number of nitrogens with zero attached hydrogens (tertiary/aromatic N) is 1. The van der Waals surface area contributed by atoms with Crippen molar-refractivity contribution < 1.29 is 9.13 Å². The normalized spacial score (nSPS) is 12.4. The van der Waals surface area contributed by atoms with Crippen molar-refractivity contribution in [3.63, 3.8) is 0 Å². The predicted molar refractivity (Wildman–Crippen MR) is 79.8 cm³/mol. The maximum absolute atomic E-state index is 14.0. The van der Waals surface area contributed by atoms with Crippen LogP contribution in [0.1, 0.15) is 34.1 Å².